The van der Waals surface area contributed by atoms with Crippen molar-refractivity contribution in [2.75, 3.05) is 0 Å². The summed E-state index contributed by atoms with van der Waals surface area (Å²) >= 11 is 0. The molecular weight excluding hydrogens is 601 g/mol. The summed E-state index contributed by atoms with van der Waals surface area (Å²) in [6.07, 6.45) is 32.7. The van der Waals surface area contributed by atoms with Crippen LogP contribution in [0.4, 0.5) is 0 Å². The second-order valence-electron chi connectivity index (χ2n) is 18.0. The summed E-state index contributed by atoms with van der Waals surface area (Å²) in [6, 6.07) is 19.2. The molecule has 272 valence electrons. The molecule has 0 heterocycles. The van der Waals surface area contributed by atoms with E-state index < -0.39 is 0 Å². The Kier molecular flexibility index (Phi) is 13.3. The fourth-order valence-corrected chi connectivity index (χ4v) is 9.25. The third-order valence-corrected chi connectivity index (χ3v) is 14.3. The van der Waals surface area contributed by atoms with Crippen LogP contribution in [0.15, 0.2) is 90.1 Å². The van der Waals surface area contributed by atoms with Gasteiger partial charge in [-0.2, -0.15) is 0 Å². The first-order valence-electron chi connectivity index (χ1n) is 20.9. The maximum Gasteiger partial charge on any atom is 0.00559 e. The van der Waals surface area contributed by atoms with Gasteiger partial charge in [0.05, 0.1) is 0 Å². The van der Waals surface area contributed by atoms with Crippen molar-refractivity contribution in [3.8, 4) is 0 Å². The number of aryl methyl sites for hydroxylation is 1. The molecule has 0 spiro atoms. The van der Waals surface area contributed by atoms with Gasteiger partial charge in [-0.3, -0.25) is 0 Å². The highest BCUT2D eigenvalue weighted by atomic mass is 14.5. The lowest BCUT2D eigenvalue weighted by molar-refractivity contribution is 0.0718. The fraction of sp³-hybridized carbons (Fsp3) is 0.600. The zero-order chi connectivity index (χ0) is 35.8. The molecule has 2 aromatic carbocycles. The Morgan fingerprint density at radius 3 is 2.06 bits per heavy atom. The van der Waals surface area contributed by atoms with Gasteiger partial charge in [-0.25, -0.2) is 0 Å². The van der Waals surface area contributed by atoms with Crippen molar-refractivity contribution in [1.82, 2.24) is 0 Å². The van der Waals surface area contributed by atoms with E-state index in [4.69, 9.17) is 0 Å². The summed E-state index contributed by atoms with van der Waals surface area (Å²) in [5.74, 6) is 2.22. The minimum absolute atomic E-state index is 0.256. The van der Waals surface area contributed by atoms with Crippen molar-refractivity contribution in [2.45, 2.75) is 164 Å². The Balaban J connectivity index is 1.12. The molecule has 0 N–H and O–H groups in total. The second kappa shape index (κ2) is 17.3. The lowest BCUT2D eigenvalue weighted by Crippen LogP contribution is -2.35. The zero-order valence-corrected chi connectivity index (χ0v) is 33.6. The van der Waals surface area contributed by atoms with E-state index in [1.807, 2.05) is 0 Å². The fourth-order valence-electron chi connectivity index (χ4n) is 9.25. The Morgan fingerprint density at radius 2 is 1.48 bits per heavy atom. The van der Waals surface area contributed by atoms with Gasteiger partial charge in [-0.05, 0) is 127 Å². The van der Waals surface area contributed by atoms with E-state index in [1.54, 1.807) is 11.1 Å². The van der Waals surface area contributed by atoms with E-state index in [-0.39, 0.29) is 5.41 Å². The second-order valence-corrected chi connectivity index (χ2v) is 18.0. The van der Waals surface area contributed by atoms with E-state index in [0.29, 0.717) is 16.7 Å². The van der Waals surface area contributed by atoms with Crippen molar-refractivity contribution in [2.24, 2.45) is 28.1 Å². The summed E-state index contributed by atoms with van der Waals surface area (Å²) < 4.78 is 0. The van der Waals surface area contributed by atoms with Crippen LogP contribution in [0.5, 0.6) is 0 Å². The minimum atomic E-state index is 0.256. The van der Waals surface area contributed by atoms with Gasteiger partial charge in [0.1, 0.15) is 0 Å². The third kappa shape index (κ3) is 9.63. The summed E-state index contributed by atoms with van der Waals surface area (Å²) in [5.41, 5.74) is 11.6. The Morgan fingerprint density at radius 1 is 0.760 bits per heavy atom. The molecule has 0 nitrogen and oxygen atoms in total. The predicted molar refractivity (Wildman–Crippen MR) is 221 cm³/mol. The molecule has 0 amide bonds. The molecule has 2 aromatic rings. The standard InChI is InChI=1S/C50H72/c1-9-12-13-14-15-39-16-24-43(25-17-39)45-28-20-41(21-29-45)36-48(5,6)49(7,11-3)35-34-40-18-26-44(27-19-40)46-30-22-42(23-31-46)37-50(8,38(4)10-2)47-32-33-47/h16-20,22-26,28,30-31,38,44,47H,9-15,21,27,29,32-37H2,1-8H3. The topological polar surface area (TPSA) is 0 Å². The van der Waals surface area contributed by atoms with E-state index in [2.05, 4.69) is 134 Å². The maximum absolute atomic E-state index is 2.56. The predicted octanol–water partition coefficient (Wildman–Crippen LogP) is 15.2. The average Bonchev–Trinajstić information content (AvgIpc) is 4.00. The number of hydrogen-bond donors (Lipinski definition) is 0. The molecular formula is C50H72. The summed E-state index contributed by atoms with van der Waals surface area (Å²) in [6.45, 7) is 19.8. The van der Waals surface area contributed by atoms with Crippen LogP contribution in [0.3, 0.4) is 0 Å². The van der Waals surface area contributed by atoms with Crippen LogP contribution in [0.2, 0.25) is 0 Å². The number of rotatable bonds is 19. The molecule has 3 aliphatic rings. The highest BCUT2D eigenvalue weighted by Gasteiger charge is 2.44. The van der Waals surface area contributed by atoms with Gasteiger partial charge in [0.25, 0.3) is 0 Å². The normalized spacial score (nSPS) is 21.1. The van der Waals surface area contributed by atoms with E-state index in [0.717, 1.165) is 18.3 Å². The van der Waals surface area contributed by atoms with Crippen LogP contribution >= 0.6 is 0 Å². The number of unbranched alkanes of at least 4 members (excludes halogenated alkanes) is 3. The average molecular weight is 673 g/mol. The molecule has 0 radical (unpaired) electrons. The maximum atomic E-state index is 2.56. The van der Waals surface area contributed by atoms with E-state index >= 15 is 0 Å². The largest absolute Gasteiger partial charge is 0.0804 e. The first-order valence-corrected chi connectivity index (χ1v) is 20.9. The molecule has 50 heavy (non-hydrogen) atoms. The van der Waals surface area contributed by atoms with E-state index in [9.17, 15) is 0 Å². The van der Waals surface area contributed by atoms with Crippen LogP contribution in [0, 0.1) is 28.1 Å². The van der Waals surface area contributed by atoms with Crippen LogP contribution in [-0.2, 0) is 12.8 Å². The van der Waals surface area contributed by atoms with Crippen LogP contribution in [-0.4, -0.2) is 0 Å². The van der Waals surface area contributed by atoms with Crippen LogP contribution in [0.25, 0.3) is 5.57 Å². The summed E-state index contributed by atoms with van der Waals surface area (Å²) in [4.78, 5) is 0. The van der Waals surface area contributed by atoms with Gasteiger partial charge in [0.15, 0.2) is 0 Å². The smallest absolute Gasteiger partial charge is 0.00559 e. The van der Waals surface area contributed by atoms with Gasteiger partial charge in [-0.1, -0.05) is 178 Å². The molecule has 4 unspecified atom stereocenters. The van der Waals surface area contributed by atoms with Crippen molar-refractivity contribution in [3.05, 3.63) is 112 Å². The number of hydrogen-bond acceptors (Lipinski definition) is 0. The molecule has 5 rings (SSSR count). The highest BCUT2D eigenvalue weighted by Crippen LogP contribution is 2.53. The first kappa shape index (κ1) is 38.6. The summed E-state index contributed by atoms with van der Waals surface area (Å²) in [5, 5.41) is 0. The van der Waals surface area contributed by atoms with Crippen molar-refractivity contribution < 1.29 is 0 Å². The molecule has 0 bridgehead atoms. The van der Waals surface area contributed by atoms with Gasteiger partial charge in [-0.15, -0.1) is 0 Å². The molecule has 1 saturated carbocycles. The molecule has 0 heteroatoms. The monoisotopic (exact) mass is 673 g/mol. The van der Waals surface area contributed by atoms with Crippen molar-refractivity contribution >= 4 is 5.57 Å². The summed E-state index contributed by atoms with van der Waals surface area (Å²) in [7, 11) is 0. The molecule has 3 aliphatic carbocycles. The van der Waals surface area contributed by atoms with Gasteiger partial charge >= 0.3 is 0 Å². The molecule has 0 aliphatic heterocycles. The SMILES string of the molecule is CCCCCCc1ccc(C2=CC=C(CC(C)(C)C(C)(CC)CCC3=CCC(c4ccc(CC(C)(C(C)CC)C5CC5)cc4)C=C3)CC2)cc1. The van der Waals surface area contributed by atoms with Crippen molar-refractivity contribution in [1.29, 1.82) is 0 Å². The Labute approximate surface area is 309 Å². The first-order chi connectivity index (χ1) is 24.0. The van der Waals surface area contributed by atoms with Crippen LogP contribution in [0.1, 0.15) is 173 Å². The molecule has 0 saturated heterocycles. The van der Waals surface area contributed by atoms with Gasteiger partial charge in [0.2, 0.25) is 0 Å². The Bertz CT molecular complexity index is 1490. The number of allylic oxidation sites excluding steroid dienone is 8. The third-order valence-electron chi connectivity index (χ3n) is 14.3. The molecule has 1 fully saturated rings. The number of benzene rings is 2. The lowest BCUT2D eigenvalue weighted by Gasteiger charge is -2.45. The Hall–Kier alpha value is -2.60. The highest BCUT2D eigenvalue weighted by molar-refractivity contribution is 5.69. The van der Waals surface area contributed by atoms with Crippen molar-refractivity contribution in [3.63, 3.8) is 0 Å². The van der Waals surface area contributed by atoms with Gasteiger partial charge < -0.3 is 0 Å². The van der Waals surface area contributed by atoms with Crippen LogP contribution < -0.4 is 0 Å². The van der Waals surface area contributed by atoms with Gasteiger partial charge in [0, 0.05) is 5.92 Å². The molecule has 0 aromatic heterocycles. The van der Waals surface area contributed by atoms with E-state index in [1.165, 1.54) is 124 Å². The minimum Gasteiger partial charge on any atom is -0.0804 e. The quantitative estimate of drug-likeness (QED) is 0.130. The molecule has 4 atom stereocenters. The zero-order valence-electron chi connectivity index (χ0n) is 33.6. The lowest BCUT2D eigenvalue weighted by atomic mass is 9.59.